The molecule has 2 aromatic rings. The first-order chi connectivity index (χ1) is 8.45. The number of hydrogen-bond donors (Lipinski definition) is 1. The van der Waals surface area contributed by atoms with Gasteiger partial charge in [-0.15, -0.1) is 0 Å². The maximum absolute atomic E-state index is 13.3. The molecule has 1 atom stereocenters. The summed E-state index contributed by atoms with van der Waals surface area (Å²) in [5, 5.41) is 0. The number of benzene rings is 2. The largest absolute Gasteiger partial charge is 0.320 e. The molecule has 0 heterocycles. The van der Waals surface area contributed by atoms with Crippen LogP contribution >= 0.6 is 0 Å². The minimum Gasteiger partial charge on any atom is -0.320 e. The molecule has 0 saturated carbocycles. The second-order valence-corrected chi connectivity index (χ2v) is 4.24. The third-order valence-corrected chi connectivity index (χ3v) is 2.67. The lowest BCUT2D eigenvalue weighted by Gasteiger charge is -2.14. The summed E-state index contributed by atoms with van der Waals surface area (Å²) in [5.41, 5.74) is 7.36. The molecule has 0 aliphatic carbocycles. The summed E-state index contributed by atoms with van der Waals surface area (Å²) in [5.74, 6) is -1.82. The number of hydrogen-bond acceptors (Lipinski definition) is 1. The van der Waals surface area contributed by atoms with Crippen LogP contribution in [0.2, 0.25) is 0 Å². The highest BCUT2D eigenvalue weighted by Crippen LogP contribution is 2.23. The molecule has 0 aromatic heterocycles. The van der Waals surface area contributed by atoms with Crippen molar-refractivity contribution >= 4 is 0 Å². The van der Waals surface area contributed by atoms with Crippen LogP contribution in [0.1, 0.15) is 22.7 Å². The lowest BCUT2D eigenvalue weighted by Crippen LogP contribution is -2.13. The van der Waals surface area contributed by atoms with Gasteiger partial charge in [0.1, 0.15) is 17.5 Å². The predicted molar refractivity (Wildman–Crippen MR) is 63.5 cm³/mol. The van der Waals surface area contributed by atoms with E-state index in [0.717, 1.165) is 18.2 Å². The highest BCUT2D eigenvalue weighted by molar-refractivity contribution is 5.34. The van der Waals surface area contributed by atoms with E-state index in [0.29, 0.717) is 11.1 Å². The molecule has 94 valence electrons. The van der Waals surface area contributed by atoms with Crippen LogP contribution in [0.5, 0.6) is 0 Å². The Morgan fingerprint density at radius 1 is 0.778 bits per heavy atom. The van der Waals surface area contributed by atoms with E-state index >= 15 is 0 Å². The first-order valence-electron chi connectivity index (χ1n) is 5.44. The fourth-order valence-corrected chi connectivity index (χ4v) is 1.89. The molecule has 0 radical (unpaired) electrons. The molecule has 0 saturated heterocycles. The van der Waals surface area contributed by atoms with Crippen LogP contribution in [0.4, 0.5) is 13.2 Å². The maximum Gasteiger partial charge on any atom is 0.126 e. The van der Waals surface area contributed by atoms with Crippen molar-refractivity contribution in [2.45, 2.75) is 13.0 Å². The van der Waals surface area contributed by atoms with Crippen molar-refractivity contribution in [2.24, 2.45) is 5.73 Å². The van der Waals surface area contributed by atoms with Crippen molar-refractivity contribution in [3.05, 3.63) is 70.5 Å². The van der Waals surface area contributed by atoms with E-state index in [1.807, 2.05) is 0 Å². The highest BCUT2D eigenvalue weighted by Gasteiger charge is 2.12. The molecule has 0 amide bonds. The van der Waals surface area contributed by atoms with E-state index in [2.05, 4.69) is 0 Å². The van der Waals surface area contributed by atoms with Gasteiger partial charge in [-0.05, 0) is 47.9 Å². The average molecular weight is 251 g/mol. The van der Waals surface area contributed by atoms with Gasteiger partial charge in [0.15, 0.2) is 0 Å². The molecule has 0 aliphatic heterocycles. The smallest absolute Gasteiger partial charge is 0.126 e. The SMILES string of the molecule is Cc1cc(F)cc(C(N)c2cc(F)cc(F)c2)c1. The van der Waals surface area contributed by atoms with Gasteiger partial charge in [-0.2, -0.15) is 0 Å². The summed E-state index contributed by atoms with van der Waals surface area (Å²) in [4.78, 5) is 0. The first kappa shape index (κ1) is 12.6. The Balaban J connectivity index is 2.43. The topological polar surface area (TPSA) is 26.0 Å². The van der Waals surface area contributed by atoms with Crippen LogP contribution in [0.15, 0.2) is 36.4 Å². The third kappa shape index (κ3) is 2.71. The third-order valence-electron chi connectivity index (χ3n) is 2.67. The molecule has 1 nitrogen and oxygen atoms in total. The Kier molecular flexibility index (Phi) is 3.39. The summed E-state index contributed by atoms with van der Waals surface area (Å²) < 4.78 is 39.4. The standard InChI is InChI=1S/C14H12F3N/c1-8-2-9(4-11(15)3-8)14(18)10-5-12(16)7-13(17)6-10/h2-7,14H,18H2,1H3. The summed E-state index contributed by atoms with van der Waals surface area (Å²) >= 11 is 0. The Morgan fingerprint density at radius 2 is 1.22 bits per heavy atom. The first-order valence-corrected chi connectivity index (χ1v) is 5.44. The quantitative estimate of drug-likeness (QED) is 0.869. The maximum atomic E-state index is 13.3. The molecular formula is C14H12F3N. The zero-order valence-corrected chi connectivity index (χ0v) is 9.75. The van der Waals surface area contributed by atoms with E-state index in [4.69, 9.17) is 5.73 Å². The van der Waals surface area contributed by atoms with Gasteiger partial charge in [0, 0.05) is 6.07 Å². The summed E-state index contributed by atoms with van der Waals surface area (Å²) in [6, 6.07) is 6.62. The molecule has 4 heteroatoms. The van der Waals surface area contributed by atoms with Crippen LogP contribution in [-0.4, -0.2) is 0 Å². The van der Waals surface area contributed by atoms with Crippen molar-refractivity contribution in [1.29, 1.82) is 0 Å². The van der Waals surface area contributed by atoms with Crippen LogP contribution in [-0.2, 0) is 0 Å². The molecule has 18 heavy (non-hydrogen) atoms. The average Bonchev–Trinajstić information content (AvgIpc) is 2.25. The van der Waals surface area contributed by atoms with E-state index in [9.17, 15) is 13.2 Å². The second kappa shape index (κ2) is 4.82. The zero-order chi connectivity index (χ0) is 13.3. The normalized spacial score (nSPS) is 12.5. The van der Waals surface area contributed by atoms with Crippen LogP contribution in [0, 0.1) is 24.4 Å². The van der Waals surface area contributed by atoms with Gasteiger partial charge >= 0.3 is 0 Å². The molecule has 0 bridgehead atoms. The summed E-state index contributed by atoms with van der Waals surface area (Å²) in [6.45, 7) is 1.73. The van der Waals surface area contributed by atoms with E-state index < -0.39 is 23.5 Å². The molecule has 0 fully saturated rings. The van der Waals surface area contributed by atoms with Gasteiger partial charge in [-0.25, -0.2) is 13.2 Å². The van der Waals surface area contributed by atoms with Crippen molar-refractivity contribution in [2.75, 3.05) is 0 Å². The minimum atomic E-state index is -0.760. The minimum absolute atomic E-state index is 0.275. The zero-order valence-electron chi connectivity index (χ0n) is 9.75. The Hall–Kier alpha value is -1.81. The monoisotopic (exact) mass is 251 g/mol. The number of rotatable bonds is 2. The lowest BCUT2D eigenvalue weighted by molar-refractivity contribution is 0.577. The van der Waals surface area contributed by atoms with Gasteiger partial charge in [-0.3, -0.25) is 0 Å². The van der Waals surface area contributed by atoms with Gasteiger partial charge in [0.2, 0.25) is 0 Å². The molecule has 0 spiro atoms. The van der Waals surface area contributed by atoms with E-state index in [1.54, 1.807) is 13.0 Å². The fourth-order valence-electron chi connectivity index (χ4n) is 1.89. The molecule has 1 unspecified atom stereocenters. The van der Waals surface area contributed by atoms with Crippen molar-refractivity contribution in [1.82, 2.24) is 0 Å². The van der Waals surface area contributed by atoms with Gasteiger partial charge in [0.05, 0.1) is 6.04 Å². The Bertz CT molecular complexity index is 489. The lowest BCUT2D eigenvalue weighted by atomic mass is 9.98. The van der Waals surface area contributed by atoms with Crippen LogP contribution in [0.3, 0.4) is 0 Å². The van der Waals surface area contributed by atoms with E-state index in [-0.39, 0.29) is 5.56 Å². The van der Waals surface area contributed by atoms with Crippen LogP contribution < -0.4 is 5.73 Å². The van der Waals surface area contributed by atoms with E-state index in [1.165, 1.54) is 12.1 Å². The number of halogens is 3. The van der Waals surface area contributed by atoms with Crippen molar-refractivity contribution < 1.29 is 13.2 Å². The Labute approximate surface area is 103 Å². The number of nitrogens with two attached hydrogens (primary N) is 1. The summed E-state index contributed by atoms with van der Waals surface area (Å²) in [6.07, 6.45) is 0. The number of aryl methyl sites for hydroxylation is 1. The highest BCUT2D eigenvalue weighted by atomic mass is 19.1. The molecular weight excluding hydrogens is 239 g/mol. The predicted octanol–water partition coefficient (Wildman–Crippen LogP) is 3.46. The molecule has 2 rings (SSSR count). The fraction of sp³-hybridized carbons (Fsp3) is 0.143. The second-order valence-electron chi connectivity index (χ2n) is 4.24. The van der Waals surface area contributed by atoms with Gasteiger partial charge < -0.3 is 5.73 Å². The van der Waals surface area contributed by atoms with Gasteiger partial charge in [0.25, 0.3) is 0 Å². The van der Waals surface area contributed by atoms with Crippen molar-refractivity contribution in [3.8, 4) is 0 Å². The van der Waals surface area contributed by atoms with Crippen LogP contribution in [0.25, 0.3) is 0 Å². The molecule has 0 aliphatic rings. The molecule has 2 N–H and O–H groups in total. The van der Waals surface area contributed by atoms with Gasteiger partial charge in [-0.1, -0.05) is 6.07 Å². The van der Waals surface area contributed by atoms with Crippen molar-refractivity contribution in [3.63, 3.8) is 0 Å². The molecule has 2 aromatic carbocycles. The Morgan fingerprint density at radius 3 is 1.72 bits per heavy atom. The summed E-state index contributed by atoms with van der Waals surface area (Å²) in [7, 11) is 0.